The van der Waals surface area contributed by atoms with Gasteiger partial charge in [0.05, 0.1) is 16.8 Å². The van der Waals surface area contributed by atoms with Crippen LogP contribution in [0.25, 0.3) is 88.8 Å². The number of rotatable bonds is 7. The Morgan fingerprint density at radius 1 is 0.286 bits per heavy atom. The lowest BCUT2D eigenvalue weighted by molar-refractivity contribution is 0.768. The Bertz CT molecular complexity index is 3450. The summed E-state index contributed by atoms with van der Waals surface area (Å²) in [5.41, 5.74) is 16.8. The van der Waals surface area contributed by atoms with E-state index in [1.165, 1.54) is 60.8 Å². The van der Waals surface area contributed by atoms with E-state index < -0.39 is 5.41 Å². The molecule has 0 unspecified atom stereocenters. The number of hydrogen-bond donors (Lipinski definition) is 0. The summed E-state index contributed by atoms with van der Waals surface area (Å²) in [5, 5.41) is 4.64. The van der Waals surface area contributed by atoms with E-state index in [0.29, 0.717) is 5.82 Å². The van der Waals surface area contributed by atoms with Crippen LogP contribution < -0.4 is 0 Å². The number of benzene rings is 10. The van der Waals surface area contributed by atoms with Crippen molar-refractivity contribution in [3.05, 3.63) is 265 Å². The molecule has 12 rings (SSSR count). The second-order valence-corrected chi connectivity index (χ2v) is 16.4. The Morgan fingerprint density at radius 2 is 0.794 bits per heavy atom. The van der Waals surface area contributed by atoms with E-state index in [-0.39, 0.29) is 0 Å². The third kappa shape index (κ3) is 5.95. The summed E-state index contributed by atoms with van der Waals surface area (Å²) in [5.74, 6) is 0.695. The van der Waals surface area contributed by atoms with Crippen molar-refractivity contribution in [1.29, 1.82) is 0 Å². The lowest BCUT2D eigenvalue weighted by Gasteiger charge is -2.34. The van der Waals surface area contributed by atoms with Crippen molar-refractivity contribution in [2.75, 3.05) is 0 Å². The maximum Gasteiger partial charge on any atom is 0.160 e. The summed E-state index contributed by atoms with van der Waals surface area (Å²) in [7, 11) is 0. The molecule has 0 amide bonds. The van der Waals surface area contributed by atoms with E-state index in [0.717, 1.165) is 44.4 Å². The predicted octanol–water partition coefficient (Wildman–Crippen LogP) is 15.5. The monoisotopic (exact) mass is 800 g/mol. The van der Waals surface area contributed by atoms with Crippen LogP contribution in [0.3, 0.4) is 0 Å². The molecule has 294 valence electrons. The lowest BCUT2D eigenvalue weighted by atomic mass is 9.67. The summed E-state index contributed by atoms with van der Waals surface area (Å²) in [6.07, 6.45) is 0. The van der Waals surface area contributed by atoms with Gasteiger partial charge >= 0.3 is 0 Å². The number of nitrogens with zero attached hydrogens (tertiary/aromatic N) is 2. The molecule has 11 aromatic rings. The first-order valence-corrected chi connectivity index (χ1v) is 21.7. The Hall–Kier alpha value is -8.20. The molecule has 2 heteroatoms. The van der Waals surface area contributed by atoms with Gasteiger partial charge in [-0.25, -0.2) is 9.97 Å². The molecular weight excluding hydrogens is 761 g/mol. The van der Waals surface area contributed by atoms with E-state index in [9.17, 15) is 0 Å². The highest BCUT2D eigenvalue weighted by Gasteiger charge is 2.46. The van der Waals surface area contributed by atoms with Gasteiger partial charge in [0.25, 0.3) is 0 Å². The van der Waals surface area contributed by atoms with Crippen molar-refractivity contribution in [2.24, 2.45) is 0 Å². The van der Waals surface area contributed by atoms with Crippen LogP contribution in [-0.2, 0) is 5.41 Å². The topological polar surface area (TPSA) is 25.8 Å². The minimum absolute atomic E-state index is 0.479. The standard InChI is InChI=1S/C61H40N2/c1-5-20-41(21-6-1)44-38-43-24-13-14-29-47(43)54(39-44)58-40-57(62-60(63-58)42-22-7-2-8-23-42)51-37-36-50(48-30-15-16-31-49(48)51)52-33-19-35-56-59(52)53-32-17-18-34-55(53)61(56,45-25-9-3-10-26-45)46-27-11-4-12-28-46/h1-40H. The predicted molar refractivity (Wildman–Crippen MR) is 262 cm³/mol. The van der Waals surface area contributed by atoms with Gasteiger partial charge in [0.2, 0.25) is 0 Å². The number of aromatic nitrogens is 2. The van der Waals surface area contributed by atoms with Gasteiger partial charge in [0.15, 0.2) is 5.82 Å². The minimum atomic E-state index is -0.479. The second kappa shape index (κ2) is 15.1. The van der Waals surface area contributed by atoms with Crippen LogP contribution >= 0.6 is 0 Å². The van der Waals surface area contributed by atoms with Gasteiger partial charge in [-0.3, -0.25) is 0 Å². The van der Waals surface area contributed by atoms with Crippen molar-refractivity contribution in [1.82, 2.24) is 9.97 Å². The largest absolute Gasteiger partial charge is 0.228 e. The van der Waals surface area contributed by atoms with Gasteiger partial charge in [0.1, 0.15) is 0 Å². The number of hydrogen-bond acceptors (Lipinski definition) is 2. The molecular formula is C61H40N2. The Balaban J connectivity index is 1.09. The minimum Gasteiger partial charge on any atom is -0.228 e. The zero-order valence-electron chi connectivity index (χ0n) is 34.5. The fourth-order valence-electron chi connectivity index (χ4n) is 10.2. The first kappa shape index (κ1) is 36.6. The van der Waals surface area contributed by atoms with Crippen LogP contribution in [-0.4, -0.2) is 9.97 Å². The molecule has 0 saturated carbocycles. The van der Waals surface area contributed by atoms with E-state index in [1.54, 1.807) is 0 Å². The normalized spacial score (nSPS) is 12.6. The first-order valence-electron chi connectivity index (χ1n) is 21.7. The fourth-order valence-corrected chi connectivity index (χ4v) is 10.2. The Kier molecular flexibility index (Phi) is 8.76. The van der Waals surface area contributed by atoms with Gasteiger partial charge in [-0.1, -0.05) is 224 Å². The molecule has 10 aromatic carbocycles. The number of fused-ring (bicyclic) bond motifs is 5. The molecule has 0 radical (unpaired) electrons. The van der Waals surface area contributed by atoms with Crippen molar-refractivity contribution in [2.45, 2.75) is 5.41 Å². The zero-order chi connectivity index (χ0) is 41.7. The molecule has 0 bridgehead atoms. The third-order valence-electron chi connectivity index (χ3n) is 13.0. The van der Waals surface area contributed by atoms with Gasteiger partial charge in [-0.2, -0.15) is 0 Å². The molecule has 63 heavy (non-hydrogen) atoms. The SMILES string of the molecule is c1ccc(-c2cc(-c3cc(-c4ccc(-c5cccc6c5-c5ccccc5C6(c5ccccc5)c5ccccc5)c5ccccc45)nc(-c4ccccc4)n3)c3ccccc3c2)cc1. The maximum absolute atomic E-state index is 5.38. The summed E-state index contributed by atoms with van der Waals surface area (Å²) in [4.78, 5) is 10.7. The van der Waals surface area contributed by atoms with Crippen LogP contribution in [0, 0.1) is 0 Å². The van der Waals surface area contributed by atoms with Crippen molar-refractivity contribution in [3.63, 3.8) is 0 Å². The van der Waals surface area contributed by atoms with Crippen LogP contribution in [0.2, 0.25) is 0 Å². The van der Waals surface area contributed by atoms with Gasteiger partial charge in [0, 0.05) is 16.7 Å². The Labute approximate surface area is 367 Å². The summed E-state index contributed by atoms with van der Waals surface area (Å²) >= 11 is 0. The lowest BCUT2D eigenvalue weighted by Crippen LogP contribution is -2.28. The molecule has 1 aromatic heterocycles. The molecule has 0 fully saturated rings. The zero-order valence-corrected chi connectivity index (χ0v) is 34.5. The highest BCUT2D eigenvalue weighted by atomic mass is 14.9. The molecule has 1 aliphatic carbocycles. The molecule has 0 spiro atoms. The highest BCUT2D eigenvalue weighted by molar-refractivity contribution is 6.09. The molecule has 0 N–H and O–H groups in total. The van der Waals surface area contributed by atoms with Crippen LogP contribution in [0.5, 0.6) is 0 Å². The quantitative estimate of drug-likeness (QED) is 0.160. The van der Waals surface area contributed by atoms with Crippen molar-refractivity contribution >= 4 is 21.5 Å². The van der Waals surface area contributed by atoms with Gasteiger partial charge in [-0.15, -0.1) is 0 Å². The summed E-state index contributed by atoms with van der Waals surface area (Å²) in [6, 6.07) is 87.7. The Morgan fingerprint density at radius 3 is 1.49 bits per heavy atom. The van der Waals surface area contributed by atoms with E-state index >= 15 is 0 Å². The molecule has 0 atom stereocenters. The van der Waals surface area contributed by atoms with Crippen LogP contribution in [0.1, 0.15) is 22.3 Å². The summed E-state index contributed by atoms with van der Waals surface area (Å²) in [6.45, 7) is 0. The molecule has 0 aliphatic heterocycles. The maximum atomic E-state index is 5.38. The smallest absolute Gasteiger partial charge is 0.160 e. The average Bonchev–Trinajstić information content (AvgIpc) is 3.68. The highest BCUT2D eigenvalue weighted by Crippen LogP contribution is 2.58. The van der Waals surface area contributed by atoms with Gasteiger partial charge < -0.3 is 0 Å². The molecule has 0 saturated heterocycles. The van der Waals surface area contributed by atoms with Crippen molar-refractivity contribution < 1.29 is 0 Å². The van der Waals surface area contributed by atoms with Gasteiger partial charge in [-0.05, 0) is 95.4 Å². The van der Waals surface area contributed by atoms with Crippen molar-refractivity contribution in [3.8, 4) is 67.3 Å². The molecule has 2 nitrogen and oxygen atoms in total. The summed E-state index contributed by atoms with van der Waals surface area (Å²) < 4.78 is 0. The van der Waals surface area contributed by atoms with Crippen LogP contribution in [0.4, 0.5) is 0 Å². The van der Waals surface area contributed by atoms with E-state index in [2.05, 4.69) is 237 Å². The van der Waals surface area contributed by atoms with Crippen LogP contribution in [0.15, 0.2) is 243 Å². The second-order valence-electron chi connectivity index (χ2n) is 16.4. The molecule has 1 heterocycles. The first-order chi connectivity index (χ1) is 31.3. The average molecular weight is 801 g/mol. The van der Waals surface area contributed by atoms with E-state index in [4.69, 9.17) is 9.97 Å². The molecule has 1 aliphatic rings. The van der Waals surface area contributed by atoms with E-state index in [1.807, 2.05) is 6.07 Å². The fraction of sp³-hybridized carbons (Fsp3) is 0.0164. The third-order valence-corrected chi connectivity index (χ3v) is 13.0.